The summed E-state index contributed by atoms with van der Waals surface area (Å²) in [5.74, 6) is 1.29. The van der Waals surface area contributed by atoms with Crippen molar-refractivity contribution < 1.29 is 0 Å². The molecule has 2 nitrogen and oxygen atoms in total. The zero-order chi connectivity index (χ0) is 22.2. The zero-order valence-electron chi connectivity index (χ0n) is 19.1. The van der Waals surface area contributed by atoms with E-state index in [0.29, 0.717) is 5.92 Å². The lowest BCUT2D eigenvalue weighted by Gasteiger charge is -2.21. The summed E-state index contributed by atoms with van der Waals surface area (Å²) in [6, 6.07) is 30.1. The van der Waals surface area contributed by atoms with Crippen LogP contribution in [0.25, 0.3) is 22.5 Å². The van der Waals surface area contributed by atoms with Crippen molar-refractivity contribution in [3.05, 3.63) is 108 Å². The smallest absolute Gasteiger partial charge is 0.0701 e. The number of nitrogens with zero attached hydrogens (tertiary/aromatic N) is 2. The molecule has 0 aliphatic rings. The van der Waals surface area contributed by atoms with Gasteiger partial charge in [0.1, 0.15) is 0 Å². The van der Waals surface area contributed by atoms with Gasteiger partial charge in [0.05, 0.1) is 11.4 Å². The quantitative estimate of drug-likeness (QED) is 0.274. The minimum Gasteiger partial charge on any atom is -0.256 e. The summed E-state index contributed by atoms with van der Waals surface area (Å²) in [6.07, 6.45) is 8.41. The van der Waals surface area contributed by atoms with E-state index < -0.39 is 0 Å². The van der Waals surface area contributed by atoms with Crippen LogP contribution in [0.2, 0.25) is 0 Å². The van der Waals surface area contributed by atoms with Crippen LogP contribution >= 0.6 is 0 Å². The number of hydrogen-bond donors (Lipinski definition) is 0. The topological polar surface area (TPSA) is 25.8 Å². The number of aryl methyl sites for hydroxylation is 1. The van der Waals surface area contributed by atoms with Gasteiger partial charge in [0.2, 0.25) is 0 Å². The van der Waals surface area contributed by atoms with Gasteiger partial charge in [-0.25, -0.2) is 0 Å². The Kier molecular flexibility index (Phi) is 7.45. The molecule has 0 fully saturated rings. The maximum atomic E-state index is 4.49. The molecular formula is C30H32N2. The highest BCUT2D eigenvalue weighted by molar-refractivity contribution is 5.60. The van der Waals surface area contributed by atoms with Gasteiger partial charge in [0.15, 0.2) is 0 Å². The van der Waals surface area contributed by atoms with Gasteiger partial charge in [0, 0.05) is 23.5 Å². The van der Waals surface area contributed by atoms with E-state index in [1.165, 1.54) is 35.1 Å². The normalized spacial score (nSPS) is 12.9. The first-order valence-electron chi connectivity index (χ1n) is 11.7. The molecule has 0 radical (unpaired) electrons. The number of aromatic nitrogens is 2. The zero-order valence-corrected chi connectivity index (χ0v) is 19.1. The molecular weight excluding hydrogens is 388 g/mol. The van der Waals surface area contributed by atoms with Crippen molar-refractivity contribution in [2.45, 2.75) is 45.4 Å². The monoisotopic (exact) mass is 420 g/mol. The fourth-order valence-corrected chi connectivity index (χ4v) is 4.25. The summed E-state index contributed by atoms with van der Waals surface area (Å²) in [4.78, 5) is 8.94. The molecule has 0 spiro atoms. The molecule has 4 aromatic rings. The van der Waals surface area contributed by atoms with E-state index in [0.717, 1.165) is 30.1 Å². The molecule has 2 heteroatoms. The lowest BCUT2D eigenvalue weighted by molar-refractivity contribution is 0.438. The highest BCUT2D eigenvalue weighted by atomic mass is 14.7. The van der Waals surface area contributed by atoms with E-state index in [-0.39, 0.29) is 0 Å². The summed E-state index contributed by atoms with van der Waals surface area (Å²) in [5, 5.41) is 0. The lowest BCUT2D eigenvalue weighted by Crippen LogP contribution is -2.06. The van der Waals surface area contributed by atoms with E-state index in [4.69, 9.17) is 0 Å². The molecule has 162 valence electrons. The summed E-state index contributed by atoms with van der Waals surface area (Å²) < 4.78 is 0. The molecule has 0 saturated heterocycles. The molecule has 0 aliphatic carbocycles. The third-order valence-corrected chi connectivity index (χ3v) is 6.42. The van der Waals surface area contributed by atoms with Gasteiger partial charge >= 0.3 is 0 Å². The van der Waals surface area contributed by atoms with E-state index in [1.54, 1.807) is 0 Å². The highest BCUT2D eigenvalue weighted by Crippen LogP contribution is 2.31. The molecule has 2 aromatic heterocycles. The van der Waals surface area contributed by atoms with E-state index in [1.807, 2.05) is 36.7 Å². The minimum atomic E-state index is 0.568. The number of benzene rings is 2. The summed E-state index contributed by atoms with van der Waals surface area (Å²) in [7, 11) is 0. The molecule has 0 aliphatic heterocycles. The first kappa shape index (κ1) is 22.0. The van der Waals surface area contributed by atoms with E-state index in [9.17, 15) is 0 Å². The molecule has 32 heavy (non-hydrogen) atoms. The van der Waals surface area contributed by atoms with Crippen LogP contribution in [0.4, 0.5) is 0 Å². The van der Waals surface area contributed by atoms with Crippen molar-refractivity contribution in [1.29, 1.82) is 0 Å². The number of hydrogen-bond acceptors (Lipinski definition) is 2. The van der Waals surface area contributed by atoms with Crippen LogP contribution in [0.1, 0.15) is 50.2 Å². The Balaban J connectivity index is 1.46. The lowest BCUT2D eigenvalue weighted by atomic mass is 9.84. The second kappa shape index (κ2) is 10.9. The van der Waals surface area contributed by atoms with Gasteiger partial charge in [-0.2, -0.15) is 0 Å². The van der Waals surface area contributed by atoms with Crippen molar-refractivity contribution in [2.24, 2.45) is 5.92 Å². The van der Waals surface area contributed by atoms with Crippen LogP contribution < -0.4 is 0 Å². The predicted octanol–water partition coefficient (Wildman–Crippen LogP) is 7.96. The Morgan fingerprint density at radius 3 is 1.75 bits per heavy atom. The van der Waals surface area contributed by atoms with Crippen LogP contribution in [0.15, 0.2) is 97.3 Å². The van der Waals surface area contributed by atoms with Crippen LogP contribution in [-0.2, 0) is 6.42 Å². The standard InChI is InChI=1S/C30H32N2/c1-3-23(2)22-28(25-16-18-27(19-17-25)30-9-5-7-21-32-30)15-12-24-10-13-26(14-11-24)29-8-4-6-20-31-29/h4-11,13-14,16-21,23,28H,3,12,15,22H2,1-2H3. The Bertz CT molecular complexity index is 1070. The van der Waals surface area contributed by atoms with Crippen LogP contribution in [-0.4, -0.2) is 9.97 Å². The average Bonchev–Trinajstić information content (AvgIpc) is 2.88. The first-order chi connectivity index (χ1) is 15.7. The van der Waals surface area contributed by atoms with E-state index in [2.05, 4.69) is 84.5 Å². The molecule has 0 bridgehead atoms. The maximum Gasteiger partial charge on any atom is 0.0701 e. The van der Waals surface area contributed by atoms with Gasteiger partial charge in [-0.05, 0) is 66.5 Å². The first-order valence-corrected chi connectivity index (χ1v) is 11.7. The van der Waals surface area contributed by atoms with Crippen LogP contribution in [0.3, 0.4) is 0 Å². The van der Waals surface area contributed by atoms with Gasteiger partial charge in [-0.3, -0.25) is 9.97 Å². The van der Waals surface area contributed by atoms with Crippen molar-refractivity contribution in [2.75, 3.05) is 0 Å². The molecule has 0 saturated carbocycles. The maximum absolute atomic E-state index is 4.49. The van der Waals surface area contributed by atoms with E-state index >= 15 is 0 Å². The van der Waals surface area contributed by atoms with Gasteiger partial charge in [0.25, 0.3) is 0 Å². The average molecular weight is 421 g/mol. The molecule has 2 heterocycles. The van der Waals surface area contributed by atoms with Gasteiger partial charge in [-0.15, -0.1) is 0 Å². The minimum absolute atomic E-state index is 0.568. The Morgan fingerprint density at radius 2 is 1.25 bits per heavy atom. The second-order valence-electron chi connectivity index (χ2n) is 8.73. The fourth-order valence-electron chi connectivity index (χ4n) is 4.25. The van der Waals surface area contributed by atoms with Crippen molar-refractivity contribution in [3.8, 4) is 22.5 Å². The molecule has 2 atom stereocenters. The van der Waals surface area contributed by atoms with Gasteiger partial charge < -0.3 is 0 Å². The highest BCUT2D eigenvalue weighted by Gasteiger charge is 2.15. The third kappa shape index (κ3) is 5.70. The molecule has 4 rings (SSSR count). The van der Waals surface area contributed by atoms with Crippen LogP contribution in [0.5, 0.6) is 0 Å². The van der Waals surface area contributed by atoms with Crippen molar-refractivity contribution in [3.63, 3.8) is 0 Å². The summed E-state index contributed by atoms with van der Waals surface area (Å²) >= 11 is 0. The molecule has 0 N–H and O–H groups in total. The van der Waals surface area contributed by atoms with Crippen molar-refractivity contribution in [1.82, 2.24) is 9.97 Å². The summed E-state index contributed by atoms with van der Waals surface area (Å²) in [5.41, 5.74) is 7.25. The Labute approximate surface area is 192 Å². The second-order valence-corrected chi connectivity index (χ2v) is 8.73. The molecule has 2 unspecified atom stereocenters. The fraction of sp³-hybridized carbons (Fsp3) is 0.267. The Morgan fingerprint density at radius 1 is 0.688 bits per heavy atom. The molecule has 2 aromatic carbocycles. The predicted molar refractivity (Wildman–Crippen MR) is 134 cm³/mol. The SMILES string of the molecule is CCC(C)CC(CCc1ccc(-c2ccccn2)cc1)c1ccc(-c2ccccn2)cc1. The van der Waals surface area contributed by atoms with Crippen LogP contribution in [0, 0.1) is 5.92 Å². The van der Waals surface area contributed by atoms with Gasteiger partial charge in [-0.1, -0.05) is 80.9 Å². The third-order valence-electron chi connectivity index (χ3n) is 6.42. The van der Waals surface area contributed by atoms with Crippen molar-refractivity contribution >= 4 is 0 Å². The summed E-state index contributed by atoms with van der Waals surface area (Å²) in [6.45, 7) is 4.67. The largest absolute Gasteiger partial charge is 0.256 e. The number of pyridine rings is 2. The number of rotatable bonds is 9. The Hall–Kier alpha value is -3.26. The molecule has 0 amide bonds.